The van der Waals surface area contributed by atoms with Crippen molar-refractivity contribution >= 4 is 11.6 Å². The van der Waals surface area contributed by atoms with Crippen molar-refractivity contribution in [2.75, 3.05) is 0 Å². The number of benzene rings is 1. The Hall–Kier alpha value is -1.41. The van der Waals surface area contributed by atoms with E-state index < -0.39 is 0 Å². The molecule has 0 radical (unpaired) electrons. The van der Waals surface area contributed by atoms with Crippen LogP contribution in [0.2, 0.25) is 5.15 Å². The molecule has 0 aliphatic rings. The molecule has 0 saturated heterocycles. The first-order valence-corrected chi connectivity index (χ1v) is 6.99. The van der Waals surface area contributed by atoms with Gasteiger partial charge in [-0.3, -0.25) is 0 Å². The zero-order chi connectivity index (χ0) is 14.0. The lowest BCUT2D eigenvalue weighted by Gasteiger charge is -2.13. The molecule has 1 heterocycles. The SMILES string of the molecule is CC(C)c1ccc(-c2ncnc(Cl)c2C(C)C)cc1. The Morgan fingerprint density at radius 3 is 2.05 bits per heavy atom. The topological polar surface area (TPSA) is 25.8 Å². The van der Waals surface area contributed by atoms with Gasteiger partial charge in [-0.05, 0) is 17.4 Å². The highest BCUT2D eigenvalue weighted by molar-refractivity contribution is 6.30. The Labute approximate surface area is 119 Å². The molecule has 19 heavy (non-hydrogen) atoms. The van der Waals surface area contributed by atoms with Gasteiger partial charge in [0.05, 0.1) is 5.69 Å². The maximum absolute atomic E-state index is 6.20. The molecule has 0 N–H and O–H groups in total. The molecule has 0 spiro atoms. The highest BCUT2D eigenvalue weighted by Gasteiger charge is 2.15. The van der Waals surface area contributed by atoms with E-state index in [-0.39, 0.29) is 0 Å². The fourth-order valence-corrected chi connectivity index (χ4v) is 2.49. The molecule has 0 saturated carbocycles. The molecule has 0 aliphatic carbocycles. The molecule has 2 rings (SSSR count). The van der Waals surface area contributed by atoms with E-state index in [1.807, 2.05) is 0 Å². The van der Waals surface area contributed by atoms with Gasteiger partial charge in [0.1, 0.15) is 11.5 Å². The summed E-state index contributed by atoms with van der Waals surface area (Å²) in [6.45, 7) is 8.60. The molecular weight excluding hydrogens is 256 g/mol. The smallest absolute Gasteiger partial charge is 0.136 e. The summed E-state index contributed by atoms with van der Waals surface area (Å²) in [5.74, 6) is 0.834. The first kappa shape index (κ1) is 14.0. The van der Waals surface area contributed by atoms with Gasteiger partial charge in [-0.15, -0.1) is 0 Å². The Bertz CT molecular complexity index is 559. The van der Waals surface area contributed by atoms with Gasteiger partial charge in [-0.1, -0.05) is 63.6 Å². The van der Waals surface area contributed by atoms with Crippen molar-refractivity contribution in [3.63, 3.8) is 0 Å². The lowest BCUT2D eigenvalue weighted by atomic mass is 9.96. The Morgan fingerprint density at radius 1 is 0.895 bits per heavy atom. The van der Waals surface area contributed by atoms with Crippen LogP contribution in [0.1, 0.15) is 50.7 Å². The predicted octanol–water partition coefficient (Wildman–Crippen LogP) is 5.04. The van der Waals surface area contributed by atoms with Crippen LogP contribution in [0.15, 0.2) is 30.6 Å². The van der Waals surface area contributed by atoms with Crippen LogP contribution in [-0.4, -0.2) is 9.97 Å². The molecule has 3 heteroatoms. The van der Waals surface area contributed by atoms with E-state index in [0.29, 0.717) is 17.0 Å². The van der Waals surface area contributed by atoms with E-state index in [9.17, 15) is 0 Å². The minimum Gasteiger partial charge on any atom is -0.236 e. The third-order valence-corrected chi connectivity index (χ3v) is 3.56. The average Bonchev–Trinajstić information content (AvgIpc) is 2.38. The minimum absolute atomic E-state index is 0.300. The van der Waals surface area contributed by atoms with Crippen LogP contribution in [0.4, 0.5) is 0 Å². The second-order valence-electron chi connectivity index (χ2n) is 5.36. The molecule has 2 aromatic rings. The van der Waals surface area contributed by atoms with Gasteiger partial charge in [0.15, 0.2) is 0 Å². The zero-order valence-electron chi connectivity index (χ0n) is 11.8. The number of rotatable bonds is 3. The highest BCUT2D eigenvalue weighted by Crippen LogP contribution is 2.32. The van der Waals surface area contributed by atoms with E-state index in [2.05, 4.69) is 61.9 Å². The Kier molecular flexibility index (Phi) is 4.20. The number of aromatic nitrogens is 2. The second kappa shape index (κ2) is 5.70. The summed E-state index contributed by atoms with van der Waals surface area (Å²) in [6.07, 6.45) is 1.53. The lowest BCUT2D eigenvalue weighted by molar-refractivity contribution is 0.849. The van der Waals surface area contributed by atoms with Crippen LogP contribution in [-0.2, 0) is 0 Å². The van der Waals surface area contributed by atoms with Crippen molar-refractivity contribution < 1.29 is 0 Å². The first-order valence-electron chi connectivity index (χ1n) is 6.61. The van der Waals surface area contributed by atoms with Crippen molar-refractivity contribution in [3.05, 3.63) is 46.9 Å². The monoisotopic (exact) mass is 274 g/mol. The molecule has 0 bridgehead atoms. The van der Waals surface area contributed by atoms with Crippen molar-refractivity contribution in [2.45, 2.75) is 39.5 Å². The Morgan fingerprint density at radius 2 is 1.53 bits per heavy atom. The third kappa shape index (κ3) is 2.95. The van der Waals surface area contributed by atoms with E-state index in [4.69, 9.17) is 11.6 Å². The minimum atomic E-state index is 0.300. The molecule has 1 aromatic heterocycles. The Balaban J connectivity index is 2.50. The van der Waals surface area contributed by atoms with Crippen LogP contribution in [0.25, 0.3) is 11.3 Å². The van der Waals surface area contributed by atoms with Crippen molar-refractivity contribution in [1.82, 2.24) is 9.97 Å². The third-order valence-electron chi connectivity index (χ3n) is 3.26. The fraction of sp³-hybridized carbons (Fsp3) is 0.375. The van der Waals surface area contributed by atoms with Crippen LogP contribution in [0, 0.1) is 0 Å². The lowest BCUT2D eigenvalue weighted by Crippen LogP contribution is -1.99. The predicted molar refractivity (Wildman–Crippen MR) is 80.7 cm³/mol. The summed E-state index contributed by atoms with van der Waals surface area (Å²) in [7, 11) is 0. The largest absolute Gasteiger partial charge is 0.236 e. The number of hydrogen-bond acceptors (Lipinski definition) is 2. The normalized spacial score (nSPS) is 11.3. The molecule has 2 nitrogen and oxygen atoms in total. The van der Waals surface area contributed by atoms with Gasteiger partial charge in [0.2, 0.25) is 0 Å². The maximum atomic E-state index is 6.20. The van der Waals surface area contributed by atoms with Crippen molar-refractivity contribution in [1.29, 1.82) is 0 Å². The molecule has 0 unspecified atom stereocenters. The molecular formula is C16H19ClN2. The van der Waals surface area contributed by atoms with Gasteiger partial charge < -0.3 is 0 Å². The highest BCUT2D eigenvalue weighted by atomic mass is 35.5. The summed E-state index contributed by atoms with van der Waals surface area (Å²) in [4.78, 5) is 8.50. The van der Waals surface area contributed by atoms with Crippen LogP contribution < -0.4 is 0 Å². The zero-order valence-corrected chi connectivity index (χ0v) is 12.6. The second-order valence-corrected chi connectivity index (χ2v) is 5.72. The number of halogens is 1. The molecule has 100 valence electrons. The molecule has 0 atom stereocenters. The van der Waals surface area contributed by atoms with Crippen molar-refractivity contribution in [3.8, 4) is 11.3 Å². The van der Waals surface area contributed by atoms with Crippen LogP contribution >= 0.6 is 11.6 Å². The van der Waals surface area contributed by atoms with Gasteiger partial charge >= 0.3 is 0 Å². The number of nitrogens with zero attached hydrogens (tertiary/aromatic N) is 2. The fourth-order valence-electron chi connectivity index (χ4n) is 2.14. The summed E-state index contributed by atoms with van der Waals surface area (Å²) in [6, 6.07) is 8.53. The maximum Gasteiger partial charge on any atom is 0.136 e. The summed E-state index contributed by atoms with van der Waals surface area (Å²) >= 11 is 6.20. The molecule has 0 fully saturated rings. The van der Waals surface area contributed by atoms with E-state index in [1.165, 1.54) is 11.9 Å². The summed E-state index contributed by atoms with van der Waals surface area (Å²) < 4.78 is 0. The van der Waals surface area contributed by atoms with Gasteiger partial charge in [0.25, 0.3) is 0 Å². The van der Waals surface area contributed by atoms with Gasteiger partial charge in [0, 0.05) is 11.1 Å². The first-order chi connectivity index (χ1) is 9.00. The van der Waals surface area contributed by atoms with E-state index in [1.54, 1.807) is 0 Å². The van der Waals surface area contributed by atoms with Crippen LogP contribution in [0.3, 0.4) is 0 Å². The van der Waals surface area contributed by atoms with Crippen molar-refractivity contribution in [2.24, 2.45) is 0 Å². The molecule has 0 aliphatic heterocycles. The van der Waals surface area contributed by atoms with Crippen LogP contribution in [0.5, 0.6) is 0 Å². The standard InChI is InChI=1S/C16H19ClN2/c1-10(2)12-5-7-13(8-6-12)15-14(11(3)4)16(17)19-9-18-15/h5-11H,1-4H3. The van der Waals surface area contributed by atoms with E-state index in [0.717, 1.165) is 16.8 Å². The van der Waals surface area contributed by atoms with E-state index >= 15 is 0 Å². The molecule has 1 aromatic carbocycles. The van der Waals surface area contributed by atoms with Gasteiger partial charge in [-0.25, -0.2) is 9.97 Å². The van der Waals surface area contributed by atoms with Gasteiger partial charge in [-0.2, -0.15) is 0 Å². The summed E-state index contributed by atoms with van der Waals surface area (Å²) in [5.41, 5.74) is 4.37. The number of hydrogen-bond donors (Lipinski definition) is 0. The molecule has 0 amide bonds. The summed E-state index contributed by atoms with van der Waals surface area (Å²) in [5, 5.41) is 0.549. The average molecular weight is 275 g/mol. The quantitative estimate of drug-likeness (QED) is 0.733.